The Labute approximate surface area is 194 Å². The molecule has 0 unspecified atom stereocenters. The molecule has 1 aliphatic heterocycles. The van der Waals surface area contributed by atoms with E-state index in [0.717, 1.165) is 49.4 Å². The van der Waals surface area contributed by atoms with Crippen molar-refractivity contribution in [3.05, 3.63) is 42.4 Å². The second-order valence-electron chi connectivity index (χ2n) is 8.00. The third kappa shape index (κ3) is 5.36. The minimum atomic E-state index is -0.383. The standard InChI is InChI=1S/C22H29BN7O3/c1-32-28-8-4-5-16(15-28)13-25-19-11-20(27-22-18(23)14-26-30(19)22)29-9-3-2-6-17(29)7-10-33-21(31)12-24/h4-5,8,11,14-15,17,25H,2-3,6-7,9-10,12-13,24H2,1H3/q+1/t17-/m0/s1. The van der Waals surface area contributed by atoms with E-state index in [4.69, 9.17) is 28.1 Å². The lowest BCUT2D eigenvalue weighted by Gasteiger charge is -2.37. The number of hydrogen-bond donors (Lipinski definition) is 2. The number of anilines is 2. The average Bonchev–Trinajstić information content (AvgIpc) is 3.23. The maximum absolute atomic E-state index is 11.4. The summed E-state index contributed by atoms with van der Waals surface area (Å²) < 4.78 is 8.58. The summed E-state index contributed by atoms with van der Waals surface area (Å²) in [6.45, 7) is 1.68. The van der Waals surface area contributed by atoms with E-state index < -0.39 is 0 Å². The van der Waals surface area contributed by atoms with Gasteiger partial charge in [-0.05, 0) is 30.8 Å². The van der Waals surface area contributed by atoms with Crippen molar-refractivity contribution in [1.82, 2.24) is 14.6 Å². The molecule has 172 valence electrons. The Morgan fingerprint density at radius 1 is 1.42 bits per heavy atom. The van der Waals surface area contributed by atoms with Crippen LogP contribution in [-0.4, -0.2) is 61.3 Å². The number of rotatable bonds is 9. The van der Waals surface area contributed by atoms with Gasteiger partial charge in [0.25, 0.3) is 0 Å². The first-order valence-corrected chi connectivity index (χ1v) is 11.1. The van der Waals surface area contributed by atoms with Gasteiger partial charge in [0.2, 0.25) is 12.4 Å². The third-order valence-corrected chi connectivity index (χ3v) is 5.81. The van der Waals surface area contributed by atoms with Gasteiger partial charge in [-0.15, -0.1) is 0 Å². The number of pyridine rings is 1. The fourth-order valence-electron chi connectivity index (χ4n) is 4.12. The van der Waals surface area contributed by atoms with Gasteiger partial charge in [0, 0.05) is 54.2 Å². The molecule has 4 heterocycles. The highest BCUT2D eigenvalue weighted by Crippen LogP contribution is 2.27. The molecule has 1 fully saturated rings. The molecule has 1 aliphatic rings. The van der Waals surface area contributed by atoms with Crippen LogP contribution in [0.15, 0.2) is 36.8 Å². The van der Waals surface area contributed by atoms with Gasteiger partial charge in [-0.25, -0.2) is 4.98 Å². The van der Waals surface area contributed by atoms with Crippen LogP contribution in [0.5, 0.6) is 0 Å². The van der Waals surface area contributed by atoms with E-state index in [-0.39, 0.29) is 18.6 Å². The summed E-state index contributed by atoms with van der Waals surface area (Å²) >= 11 is 0. The average molecular weight is 450 g/mol. The molecule has 10 nitrogen and oxygen atoms in total. The highest BCUT2D eigenvalue weighted by atomic mass is 16.6. The molecule has 0 amide bonds. The fourth-order valence-corrected chi connectivity index (χ4v) is 4.12. The van der Waals surface area contributed by atoms with E-state index in [1.807, 2.05) is 30.6 Å². The molecule has 1 atom stereocenters. The molecule has 3 N–H and O–H groups in total. The zero-order chi connectivity index (χ0) is 23.2. The van der Waals surface area contributed by atoms with E-state index in [1.165, 1.54) is 0 Å². The molecular weight excluding hydrogens is 421 g/mol. The molecule has 0 aromatic carbocycles. The first kappa shape index (κ1) is 22.8. The van der Waals surface area contributed by atoms with Crippen molar-refractivity contribution in [3.8, 4) is 0 Å². The van der Waals surface area contributed by atoms with Crippen LogP contribution in [0.4, 0.5) is 11.6 Å². The van der Waals surface area contributed by atoms with Gasteiger partial charge in [-0.3, -0.25) is 9.63 Å². The lowest BCUT2D eigenvalue weighted by atomic mass is 9.99. The fraction of sp³-hybridized carbons (Fsp3) is 0.455. The molecule has 0 saturated carbocycles. The van der Waals surface area contributed by atoms with Gasteiger partial charge in [0.15, 0.2) is 5.65 Å². The highest BCUT2D eigenvalue weighted by Gasteiger charge is 2.25. The van der Waals surface area contributed by atoms with Crippen molar-refractivity contribution >= 4 is 36.6 Å². The summed E-state index contributed by atoms with van der Waals surface area (Å²) in [5, 5.41) is 7.85. The number of hydrogen-bond acceptors (Lipinski definition) is 8. The van der Waals surface area contributed by atoms with E-state index in [2.05, 4.69) is 15.3 Å². The Bertz CT molecular complexity index is 1110. The Balaban J connectivity index is 1.57. The predicted octanol–water partition coefficient (Wildman–Crippen LogP) is -0.268. The summed E-state index contributed by atoms with van der Waals surface area (Å²) in [5.74, 6) is 1.23. The molecule has 1 saturated heterocycles. The second kappa shape index (κ2) is 10.5. The van der Waals surface area contributed by atoms with Crippen LogP contribution in [0.2, 0.25) is 0 Å². The van der Waals surface area contributed by atoms with Crippen molar-refractivity contribution < 1.29 is 19.1 Å². The SMILES string of the molecule is [B]c1cnn2c(NCc3ccc[n+](OC)c3)cc(N3CCCC[C@H]3CCOC(=O)CN)nc12. The molecular formula is C22H29BN7O3+. The van der Waals surface area contributed by atoms with Gasteiger partial charge >= 0.3 is 5.97 Å². The Hall–Kier alpha value is -3.34. The largest absolute Gasteiger partial charge is 0.465 e. The third-order valence-electron chi connectivity index (χ3n) is 5.81. The minimum Gasteiger partial charge on any atom is -0.465 e. The predicted molar refractivity (Wildman–Crippen MR) is 124 cm³/mol. The van der Waals surface area contributed by atoms with Crippen LogP contribution in [0.3, 0.4) is 0 Å². The number of carbonyl (C=O) groups is 1. The second-order valence-corrected chi connectivity index (χ2v) is 8.00. The van der Waals surface area contributed by atoms with E-state index in [0.29, 0.717) is 24.3 Å². The summed E-state index contributed by atoms with van der Waals surface area (Å²) in [6.07, 6.45) is 9.28. The summed E-state index contributed by atoms with van der Waals surface area (Å²) in [4.78, 5) is 23.8. The van der Waals surface area contributed by atoms with Gasteiger partial charge < -0.3 is 20.7 Å². The lowest BCUT2D eigenvalue weighted by Crippen LogP contribution is -2.41. The molecule has 4 rings (SSSR count). The molecule has 3 aromatic heterocycles. The van der Waals surface area contributed by atoms with Crippen molar-refractivity contribution in [3.63, 3.8) is 0 Å². The van der Waals surface area contributed by atoms with Crippen LogP contribution >= 0.6 is 0 Å². The number of esters is 1. The van der Waals surface area contributed by atoms with Gasteiger partial charge in [-0.1, -0.05) is 0 Å². The lowest BCUT2D eigenvalue weighted by molar-refractivity contribution is -0.885. The number of nitrogens with zero attached hydrogens (tertiary/aromatic N) is 5. The maximum atomic E-state index is 11.4. The van der Waals surface area contributed by atoms with Crippen LogP contribution in [0.25, 0.3) is 5.65 Å². The monoisotopic (exact) mass is 450 g/mol. The molecule has 33 heavy (non-hydrogen) atoms. The van der Waals surface area contributed by atoms with Crippen LogP contribution in [0, 0.1) is 0 Å². The number of ether oxygens (including phenoxy) is 1. The van der Waals surface area contributed by atoms with Gasteiger partial charge in [0.05, 0.1) is 13.2 Å². The Morgan fingerprint density at radius 3 is 3.12 bits per heavy atom. The first-order chi connectivity index (χ1) is 16.1. The van der Waals surface area contributed by atoms with Crippen molar-refractivity contribution in [2.45, 2.75) is 38.3 Å². The Kier molecular flexibility index (Phi) is 7.28. The van der Waals surface area contributed by atoms with Crippen LogP contribution < -0.4 is 31.0 Å². The van der Waals surface area contributed by atoms with E-state index in [1.54, 1.807) is 22.6 Å². The molecule has 3 aromatic rings. The molecule has 0 bridgehead atoms. The topological polar surface area (TPSA) is 111 Å². The van der Waals surface area contributed by atoms with Crippen molar-refractivity contribution in [1.29, 1.82) is 0 Å². The number of fused-ring (bicyclic) bond motifs is 1. The zero-order valence-corrected chi connectivity index (χ0v) is 18.8. The number of carbonyl (C=O) groups excluding carboxylic acids is 1. The van der Waals surface area contributed by atoms with E-state index in [9.17, 15) is 4.79 Å². The van der Waals surface area contributed by atoms with Crippen LogP contribution in [-0.2, 0) is 16.1 Å². The summed E-state index contributed by atoms with van der Waals surface area (Å²) in [5.41, 5.74) is 7.51. The summed E-state index contributed by atoms with van der Waals surface area (Å²) in [6, 6.07) is 6.15. The molecule has 0 aliphatic carbocycles. The highest BCUT2D eigenvalue weighted by molar-refractivity contribution is 6.36. The molecule has 0 spiro atoms. The van der Waals surface area contributed by atoms with Crippen LogP contribution in [0.1, 0.15) is 31.2 Å². The Morgan fingerprint density at radius 2 is 2.30 bits per heavy atom. The van der Waals surface area contributed by atoms with Gasteiger partial charge in [0.1, 0.15) is 26.6 Å². The number of nitrogens with one attached hydrogen (secondary N) is 1. The van der Waals surface area contributed by atoms with Crippen molar-refractivity contribution in [2.24, 2.45) is 5.73 Å². The summed E-state index contributed by atoms with van der Waals surface area (Å²) in [7, 11) is 7.79. The minimum absolute atomic E-state index is 0.103. The number of nitrogens with two attached hydrogens (primary N) is 1. The smallest absolute Gasteiger partial charge is 0.319 e. The molecule has 2 radical (unpaired) electrons. The number of piperidine rings is 1. The normalized spacial score (nSPS) is 16.1. The first-order valence-electron chi connectivity index (χ1n) is 11.1. The van der Waals surface area contributed by atoms with Gasteiger partial charge in [-0.2, -0.15) is 9.61 Å². The molecule has 11 heteroatoms. The zero-order valence-electron chi connectivity index (χ0n) is 18.8. The van der Waals surface area contributed by atoms with Crippen molar-refractivity contribution in [2.75, 3.05) is 37.0 Å². The maximum Gasteiger partial charge on any atom is 0.319 e. The number of aromatic nitrogens is 4. The quantitative estimate of drug-likeness (QED) is 0.261. The van der Waals surface area contributed by atoms with E-state index >= 15 is 0 Å².